The van der Waals surface area contributed by atoms with Crippen LogP contribution in [0, 0.1) is 11.8 Å². The molecule has 4 heterocycles. The summed E-state index contributed by atoms with van der Waals surface area (Å²) in [6.07, 6.45) is 10.7. The topological polar surface area (TPSA) is 0 Å². The fourth-order valence-corrected chi connectivity index (χ4v) is 10.6. The van der Waals surface area contributed by atoms with Gasteiger partial charge in [0.2, 0.25) is 0 Å². The minimum atomic E-state index is 0.546. The summed E-state index contributed by atoms with van der Waals surface area (Å²) < 4.78 is 0.546. The van der Waals surface area contributed by atoms with Crippen LogP contribution in [-0.2, 0) is 0 Å². The van der Waals surface area contributed by atoms with Gasteiger partial charge in [0.25, 0.3) is 0 Å². The first kappa shape index (κ1) is 14.5. The zero-order valence-electron chi connectivity index (χ0n) is 11.7. The second-order valence-electron chi connectivity index (χ2n) is 6.15. The molecule has 0 bridgehead atoms. The van der Waals surface area contributed by atoms with Crippen molar-refractivity contribution in [2.24, 2.45) is 11.8 Å². The number of hydrogen-bond donors (Lipinski definition) is 0. The van der Waals surface area contributed by atoms with E-state index in [0.717, 1.165) is 22.3 Å². The van der Waals surface area contributed by atoms with Crippen LogP contribution in [0.3, 0.4) is 0 Å². The van der Waals surface area contributed by atoms with Gasteiger partial charge in [-0.2, -0.15) is 23.5 Å². The van der Waals surface area contributed by atoms with Crippen LogP contribution in [0.1, 0.15) is 25.7 Å². The molecule has 4 aliphatic rings. The van der Waals surface area contributed by atoms with Crippen molar-refractivity contribution in [3.05, 3.63) is 23.0 Å². The lowest BCUT2D eigenvalue weighted by Crippen LogP contribution is -2.49. The highest BCUT2D eigenvalue weighted by molar-refractivity contribution is 8.05. The molecule has 0 N–H and O–H groups in total. The summed E-state index contributed by atoms with van der Waals surface area (Å²) in [7, 11) is 0. The first-order valence-electron chi connectivity index (χ1n) is 7.75. The Labute approximate surface area is 139 Å². The highest BCUT2D eigenvalue weighted by Crippen LogP contribution is 2.61. The fraction of sp³-hybridized carbons (Fsp3) is 0.750. The maximum Gasteiger partial charge on any atom is 0.0388 e. The SMILES string of the molecule is C1=CSC(C2CCSC2(C2C=CSC2)C2CCCS2)C1. The summed E-state index contributed by atoms with van der Waals surface area (Å²) in [5, 5.41) is 6.52. The van der Waals surface area contributed by atoms with E-state index in [1.807, 2.05) is 11.8 Å². The van der Waals surface area contributed by atoms with Gasteiger partial charge in [0.05, 0.1) is 0 Å². The lowest BCUT2D eigenvalue weighted by Gasteiger charge is -2.45. The molecule has 0 aliphatic carbocycles. The van der Waals surface area contributed by atoms with Gasteiger partial charge in [-0.05, 0) is 53.9 Å². The van der Waals surface area contributed by atoms with Crippen LogP contribution in [0.15, 0.2) is 23.0 Å². The molecule has 20 heavy (non-hydrogen) atoms. The van der Waals surface area contributed by atoms with Crippen LogP contribution in [0.2, 0.25) is 0 Å². The molecule has 0 radical (unpaired) electrons. The second-order valence-corrected chi connectivity index (χ2v) is 11.0. The maximum absolute atomic E-state index is 2.56. The van der Waals surface area contributed by atoms with Crippen molar-refractivity contribution in [3.63, 3.8) is 0 Å². The predicted octanol–water partition coefficient (Wildman–Crippen LogP) is 5.27. The highest BCUT2D eigenvalue weighted by atomic mass is 32.2. The second kappa shape index (κ2) is 6.17. The predicted molar refractivity (Wildman–Crippen MR) is 99.0 cm³/mol. The Balaban J connectivity index is 1.67. The molecular weight excluding hydrogens is 320 g/mol. The quantitative estimate of drug-likeness (QED) is 0.685. The zero-order valence-corrected chi connectivity index (χ0v) is 15.0. The van der Waals surface area contributed by atoms with E-state index in [4.69, 9.17) is 0 Å². The Bertz CT molecular complexity index is 405. The maximum atomic E-state index is 2.56. The number of rotatable bonds is 3. The van der Waals surface area contributed by atoms with Crippen LogP contribution in [0.4, 0.5) is 0 Å². The van der Waals surface area contributed by atoms with Gasteiger partial charge in [-0.15, -0.1) is 23.5 Å². The van der Waals surface area contributed by atoms with Gasteiger partial charge in [-0.3, -0.25) is 0 Å². The Morgan fingerprint density at radius 2 is 2.10 bits per heavy atom. The van der Waals surface area contributed by atoms with Gasteiger partial charge in [0, 0.05) is 26.9 Å². The number of allylic oxidation sites excluding steroid dienone is 2. The molecule has 0 amide bonds. The van der Waals surface area contributed by atoms with E-state index in [0.29, 0.717) is 4.75 Å². The van der Waals surface area contributed by atoms with E-state index < -0.39 is 0 Å². The Hall–Kier alpha value is 0.880. The van der Waals surface area contributed by atoms with Crippen LogP contribution in [0.5, 0.6) is 0 Å². The van der Waals surface area contributed by atoms with Crippen molar-refractivity contribution >= 4 is 47.0 Å². The smallest absolute Gasteiger partial charge is 0.0388 e. The van der Waals surface area contributed by atoms with Gasteiger partial charge in [-0.25, -0.2) is 0 Å². The molecular formula is C16H22S4. The average Bonchev–Trinajstić information content (AvgIpc) is 3.23. The molecule has 0 spiro atoms. The van der Waals surface area contributed by atoms with Crippen molar-refractivity contribution in [1.29, 1.82) is 0 Å². The first-order valence-corrected chi connectivity index (χ1v) is 11.8. The van der Waals surface area contributed by atoms with E-state index >= 15 is 0 Å². The molecule has 2 saturated heterocycles. The van der Waals surface area contributed by atoms with Gasteiger partial charge < -0.3 is 0 Å². The third-order valence-corrected chi connectivity index (χ3v) is 10.9. The van der Waals surface area contributed by atoms with Gasteiger partial charge in [0.15, 0.2) is 0 Å². The molecule has 0 aromatic heterocycles. The first-order chi connectivity index (χ1) is 9.91. The minimum absolute atomic E-state index is 0.546. The Morgan fingerprint density at radius 3 is 2.80 bits per heavy atom. The Morgan fingerprint density at radius 1 is 1.10 bits per heavy atom. The summed E-state index contributed by atoms with van der Waals surface area (Å²) >= 11 is 8.82. The molecule has 2 fully saturated rings. The van der Waals surface area contributed by atoms with Crippen molar-refractivity contribution in [3.8, 4) is 0 Å². The van der Waals surface area contributed by atoms with Gasteiger partial charge >= 0.3 is 0 Å². The summed E-state index contributed by atoms with van der Waals surface area (Å²) in [5.74, 6) is 5.89. The van der Waals surface area contributed by atoms with Crippen molar-refractivity contribution in [2.45, 2.75) is 40.9 Å². The lowest BCUT2D eigenvalue weighted by molar-refractivity contribution is 0.313. The molecule has 0 nitrogen and oxygen atoms in total. The normalized spacial score (nSPS) is 47.6. The van der Waals surface area contributed by atoms with E-state index in [1.165, 1.54) is 42.9 Å². The van der Waals surface area contributed by atoms with Crippen LogP contribution in [0.25, 0.3) is 0 Å². The van der Waals surface area contributed by atoms with E-state index in [2.05, 4.69) is 58.3 Å². The van der Waals surface area contributed by atoms with Crippen molar-refractivity contribution < 1.29 is 0 Å². The molecule has 4 heteroatoms. The van der Waals surface area contributed by atoms with E-state index in [9.17, 15) is 0 Å². The van der Waals surface area contributed by atoms with E-state index in [-0.39, 0.29) is 0 Å². The molecule has 5 unspecified atom stereocenters. The molecule has 110 valence electrons. The fourth-order valence-electron chi connectivity index (χ4n) is 4.36. The minimum Gasteiger partial charge on any atom is -0.157 e. The lowest BCUT2D eigenvalue weighted by atomic mass is 9.74. The van der Waals surface area contributed by atoms with Crippen LogP contribution >= 0.6 is 47.0 Å². The highest BCUT2D eigenvalue weighted by Gasteiger charge is 2.56. The average molecular weight is 343 g/mol. The van der Waals surface area contributed by atoms with Gasteiger partial charge in [-0.1, -0.05) is 12.2 Å². The summed E-state index contributed by atoms with van der Waals surface area (Å²) in [6.45, 7) is 0. The monoisotopic (exact) mass is 342 g/mol. The zero-order chi connectivity index (χ0) is 13.4. The van der Waals surface area contributed by atoms with Gasteiger partial charge in [0.1, 0.15) is 0 Å². The third kappa shape index (κ3) is 2.33. The molecule has 4 aliphatic heterocycles. The number of hydrogen-bond acceptors (Lipinski definition) is 4. The van der Waals surface area contributed by atoms with Crippen LogP contribution in [-0.4, -0.2) is 32.5 Å². The Kier molecular flexibility index (Phi) is 4.47. The van der Waals surface area contributed by atoms with E-state index in [1.54, 1.807) is 0 Å². The van der Waals surface area contributed by atoms with Crippen molar-refractivity contribution in [2.75, 3.05) is 17.3 Å². The molecule has 0 aromatic carbocycles. The summed E-state index contributed by atoms with van der Waals surface area (Å²) in [4.78, 5) is 0. The standard InChI is InChI=1S/C16H22S4/c1-3-14(18-7-1)13-6-10-20-16(13,12-5-9-17-11-12)15-4-2-8-19-15/h1,5,7,9,12-15H,2-4,6,8,10-11H2. The third-order valence-electron chi connectivity index (χ3n) is 5.22. The van der Waals surface area contributed by atoms with Crippen molar-refractivity contribution in [1.82, 2.24) is 0 Å². The molecule has 5 atom stereocenters. The summed E-state index contributed by atoms with van der Waals surface area (Å²) in [6, 6.07) is 0. The van der Waals surface area contributed by atoms with Crippen LogP contribution < -0.4 is 0 Å². The molecule has 0 saturated carbocycles. The summed E-state index contributed by atoms with van der Waals surface area (Å²) in [5.41, 5.74) is 0. The molecule has 4 rings (SSSR count). The molecule has 0 aromatic rings. The largest absolute Gasteiger partial charge is 0.157 e. The number of thioether (sulfide) groups is 4.